The average molecular weight is 279 g/mol. The van der Waals surface area contributed by atoms with Gasteiger partial charge in [-0.3, -0.25) is 0 Å². The smallest absolute Gasteiger partial charge is 0.0194 e. The van der Waals surface area contributed by atoms with Crippen LogP contribution < -0.4 is 0 Å². The maximum atomic E-state index is 2.58. The molecule has 0 fully saturated rings. The Hall–Kier alpha value is 1.40. The van der Waals surface area contributed by atoms with Gasteiger partial charge in [0.05, 0.1) is 0 Å². The van der Waals surface area contributed by atoms with Gasteiger partial charge in [0.25, 0.3) is 0 Å². The molecule has 0 unspecified atom stereocenters. The van der Waals surface area contributed by atoms with Crippen molar-refractivity contribution in [3.8, 4) is 0 Å². The monoisotopic (exact) mass is 278 g/mol. The molecular formula is C10H30S4. The summed E-state index contributed by atoms with van der Waals surface area (Å²) in [5.41, 5.74) is 0. The lowest BCUT2D eigenvalue weighted by Crippen LogP contribution is -2.16. The fourth-order valence-corrected chi connectivity index (χ4v) is 35.5. The van der Waals surface area contributed by atoms with Crippen LogP contribution in [0.5, 0.6) is 0 Å². The summed E-state index contributed by atoms with van der Waals surface area (Å²) in [6.07, 6.45) is 25.3. The van der Waals surface area contributed by atoms with Crippen LogP contribution in [-0.2, 0) is 0 Å². The molecule has 0 aromatic heterocycles. The van der Waals surface area contributed by atoms with E-state index in [0.717, 1.165) is 0 Å². The summed E-state index contributed by atoms with van der Waals surface area (Å²) in [7, 11) is -1.66. The van der Waals surface area contributed by atoms with Crippen LogP contribution in [0.25, 0.3) is 0 Å². The molecule has 0 aliphatic rings. The van der Waals surface area contributed by atoms with Gasteiger partial charge in [0, 0.05) is 0 Å². The predicted octanol–water partition coefficient (Wildman–Crippen LogP) is 4.25. The van der Waals surface area contributed by atoms with Gasteiger partial charge >= 0.3 is 0 Å². The predicted molar refractivity (Wildman–Crippen MR) is 89.6 cm³/mol. The first-order valence-corrected chi connectivity index (χ1v) is 16.7. The molecule has 0 N–H and O–H groups in total. The van der Waals surface area contributed by atoms with Crippen molar-refractivity contribution >= 4 is 34.3 Å². The van der Waals surface area contributed by atoms with Gasteiger partial charge in [0.1, 0.15) is 0 Å². The van der Waals surface area contributed by atoms with E-state index in [1.807, 2.05) is 0 Å². The van der Waals surface area contributed by atoms with Gasteiger partial charge in [-0.15, -0.1) is 0 Å². The highest BCUT2D eigenvalue weighted by atomic mass is 33.8. The van der Waals surface area contributed by atoms with Crippen LogP contribution >= 0.6 is 34.3 Å². The Bertz CT molecular complexity index is 181. The quantitative estimate of drug-likeness (QED) is 0.677. The summed E-state index contributed by atoms with van der Waals surface area (Å²) in [5, 5.41) is 0. The largest absolute Gasteiger partial charge is 0.211 e. The van der Waals surface area contributed by atoms with Gasteiger partial charge in [0.15, 0.2) is 0 Å². The van der Waals surface area contributed by atoms with E-state index >= 15 is 0 Å². The molecule has 0 spiro atoms. The van der Waals surface area contributed by atoms with E-state index in [2.05, 4.69) is 62.6 Å². The fourth-order valence-electron chi connectivity index (χ4n) is 0.983. The fraction of sp³-hybridized carbons (Fsp3) is 1.00. The third kappa shape index (κ3) is 2.55. The maximum absolute atomic E-state index is 2.58. The lowest BCUT2D eigenvalue weighted by molar-refractivity contribution is 2.12. The van der Waals surface area contributed by atoms with Gasteiger partial charge in [-0.2, -0.15) is 16.2 Å². The first-order valence-electron chi connectivity index (χ1n) is 4.58. The molecule has 4 heteroatoms. The highest BCUT2D eigenvalue weighted by molar-refractivity contribution is 9.55. The van der Waals surface area contributed by atoms with E-state index in [0.29, 0.717) is 0 Å². The molecule has 0 aliphatic carbocycles. The van der Waals surface area contributed by atoms with Crippen molar-refractivity contribution < 1.29 is 0 Å². The molecule has 0 amide bonds. The minimum atomic E-state index is -0.430. The Morgan fingerprint density at radius 2 is 0.500 bits per heavy atom. The maximum Gasteiger partial charge on any atom is -0.0194 e. The normalized spacial score (nSPS) is 20.4. The topological polar surface area (TPSA) is 0 Å². The van der Waals surface area contributed by atoms with Crippen LogP contribution in [0.4, 0.5) is 0 Å². The van der Waals surface area contributed by atoms with Crippen LogP contribution in [0.3, 0.4) is 0 Å². The Morgan fingerprint density at radius 3 is 0.571 bits per heavy atom. The molecule has 94 valence electrons. The summed E-state index contributed by atoms with van der Waals surface area (Å²) in [5.74, 6) is 0. The Balaban J connectivity index is 5.30. The van der Waals surface area contributed by atoms with E-state index in [4.69, 9.17) is 0 Å². The molecule has 0 radical (unpaired) electrons. The summed E-state index contributed by atoms with van der Waals surface area (Å²) in [6, 6.07) is 0. The molecule has 0 rings (SSSR count). The molecule has 0 saturated heterocycles. The highest BCUT2D eigenvalue weighted by Gasteiger charge is 2.40. The standard InChI is InChI=1S/C10H30S4/c1-11(2,3)13(7,8)14(9,10)12(4,5)6/h1-10H3. The van der Waals surface area contributed by atoms with Gasteiger partial charge in [-0.05, 0) is 62.6 Å². The molecule has 14 heavy (non-hydrogen) atoms. The van der Waals surface area contributed by atoms with Crippen molar-refractivity contribution in [1.29, 1.82) is 0 Å². The van der Waals surface area contributed by atoms with Crippen LogP contribution in [0.15, 0.2) is 0 Å². The van der Waals surface area contributed by atoms with Crippen molar-refractivity contribution in [3.05, 3.63) is 0 Å². The summed E-state index contributed by atoms with van der Waals surface area (Å²) in [6.45, 7) is 0. The van der Waals surface area contributed by atoms with Gasteiger partial charge in [0.2, 0.25) is 0 Å². The molecule has 0 heterocycles. The van der Waals surface area contributed by atoms with E-state index in [-0.39, 0.29) is 0 Å². The Morgan fingerprint density at radius 1 is 0.357 bits per heavy atom. The molecule has 0 nitrogen and oxygen atoms in total. The molecule has 0 aliphatic heterocycles. The molecule has 0 aromatic carbocycles. The minimum absolute atomic E-state index is 0.402. The molecule has 0 saturated carbocycles. The summed E-state index contributed by atoms with van der Waals surface area (Å²) < 4.78 is 0. The third-order valence-electron chi connectivity index (χ3n) is 3.37. The van der Waals surface area contributed by atoms with Crippen LogP contribution in [0.1, 0.15) is 0 Å². The lowest BCUT2D eigenvalue weighted by atomic mass is 11.9. The van der Waals surface area contributed by atoms with Crippen LogP contribution in [0, 0.1) is 0 Å². The number of hydrogen-bond acceptors (Lipinski definition) is 0. The zero-order valence-electron chi connectivity index (χ0n) is 11.6. The second kappa shape index (κ2) is 4.01. The minimum Gasteiger partial charge on any atom is -0.211 e. The zero-order valence-corrected chi connectivity index (χ0v) is 14.9. The van der Waals surface area contributed by atoms with Crippen molar-refractivity contribution in [1.82, 2.24) is 0 Å². The summed E-state index contributed by atoms with van der Waals surface area (Å²) in [4.78, 5) is 0. The SMILES string of the molecule is CS(C)(C)S(C)(C)S(C)(C)S(C)(C)C. The summed E-state index contributed by atoms with van der Waals surface area (Å²) >= 11 is 0. The Kier molecular flexibility index (Phi) is 4.41. The van der Waals surface area contributed by atoms with Gasteiger partial charge < -0.3 is 0 Å². The second-order valence-corrected chi connectivity index (χ2v) is 34.5. The van der Waals surface area contributed by atoms with E-state index in [1.54, 1.807) is 0 Å². The number of hydrogen-bond donors (Lipinski definition) is 0. The second-order valence-electron chi connectivity index (χ2n) is 5.74. The molecule has 0 atom stereocenters. The van der Waals surface area contributed by atoms with Crippen molar-refractivity contribution in [2.24, 2.45) is 0 Å². The van der Waals surface area contributed by atoms with E-state index in [1.165, 1.54) is 0 Å². The van der Waals surface area contributed by atoms with E-state index < -0.39 is 34.3 Å². The van der Waals surface area contributed by atoms with Crippen molar-refractivity contribution in [3.63, 3.8) is 0 Å². The van der Waals surface area contributed by atoms with Gasteiger partial charge in [-0.1, -0.05) is 0 Å². The number of rotatable bonds is 3. The first kappa shape index (κ1) is 15.4. The third-order valence-corrected chi connectivity index (χ3v) is 44.6. The van der Waals surface area contributed by atoms with Crippen LogP contribution in [-0.4, -0.2) is 62.6 Å². The molecular weight excluding hydrogens is 248 g/mol. The molecule has 0 aromatic rings. The Labute approximate surface area is 96.5 Å². The van der Waals surface area contributed by atoms with Crippen molar-refractivity contribution in [2.45, 2.75) is 0 Å². The van der Waals surface area contributed by atoms with Crippen molar-refractivity contribution in [2.75, 3.05) is 62.6 Å². The highest BCUT2D eigenvalue weighted by Crippen LogP contribution is 2.99. The lowest BCUT2D eigenvalue weighted by Gasteiger charge is -2.68. The zero-order chi connectivity index (χ0) is 12.0. The molecule has 0 bridgehead atoms. The average Bonchev–Trinajstić information content (AvgIpc) is 1.81. The van der Waals surface area contributed by atoms with E-state index in [9.17, 15) is 0 Å². The first-order chi connectivity index (χ1) is 5.75. The van der Waals surface area contributed by atoms with Crippen LogP contribution in [0.2, 0.25) is 0 Å². The van der Waals surface area contributed by atoms with Gasteiger partial charge in [-0.25, -0.2) is 18.1 Å².